The van der Waals surface area contributed by atoms with Crippen LogP contribution in [-0.4, -0.2) is 38.6 Å². The van der Waals surface area contributed by atoms with Crippen molar-refractivity contribution in [3.8, 4) is 0 Å². The van der Waals surface area contributed by atoms with E-state index in [0.717, 1.165) is 18.5 Å². The molecule has 4 rings (SSSR count). The summed E-state index contributed by atoms with van der Waals surface area (Å²) < 4.78 is 54.0. The zero-order valence-corrected chi connectivity index (χ0v) is 16.1. The number of carbonyl (C=O) groups is 1. The van der Waals surface area contributed by atoms with E-state index in [0.29, 0.717) is 31.6 Å². The highest BCUT2D eigenvalue weighted by molar-refractivity contribution is 6.31. The van der Waals surface area contributed by atoms with Crippen LogP contribution in [0.2, 0.25) is 5.02 Å². The first-order chi connectivity index (χ1) is 14.2. The zero-order valence-electron chi connectivity index (χ0n) is 15.3. The van der Waals surface area contributed by atoms with E-state index in [-0.39, 0.29) is 28.4 Å². The minimum absolute atomic E-state index is 0.0994. The van der Waals surface area contributed by atoms with Gasteiger partial charge in [0.25, 0.3) is 5.78 Å². The molecule has 1 aliphatic heterocycles. The summed E-state index contributed by atoms with van der Waals surface area (Å²) in [6.45, 7) is 0.692. The van der Waals surface area contributed by atoms with Crippen LogP contribution in [0.3, 0.4) is 0 Å². The third kappa shape index (κ3) is 4.02. The summed E-state index contributed by atoms with van der Waals surface area (Å²) in [5, 5.41) is 6.55. The first-order valence-corrected chi connectivity index (χ1v) is 9.39. The summed E-state index contributed by atoms with van der Waals surface area (Å²) in [5.41, 5.74) is -0.673. The first kappa shape index (κ1) is 20.3. The number of halogens is 5. The van der Waals surface area contributed by atoms with E-state index >= 15 is 0 Å². The van der Waals surface area contributed by atoms with Gasteiger partial charge in [-0.1, -0.05) is 11.6 Å². The second kappa shape index (κ2) is 7.71. The van der Waals surface area contributed by atoms with E-state index in [1.165, 1.54) is 16.6 Å². The van der Waals surface area contributed by atoms with Crippen molar-refractivity contribution in [3.05, 3.63) is 47.1 Å². The van der Waals surface area contributed by atoms with Crippen molar-refractivity contribution in [1.82, 2.24) is 19.6 Å². The number of rotatable bonds is 3. The van der Waals surface area contributed by atoms with Gasteiger partial charge < -0.3 is 10.2 Å². The third-order valence-corrected chi connectivity index (χ3v) is 5.19. The molecule has 158 valence electrons. The number of anilines is 2. The molecule has 0 spiro atoms. The Balaban J connectivity index is 1.47. The largest absolute Gasteiger partial charge is 0.433 e. The van der Waals surface area contributed by atoms with Crippen molar-refractivity contribution in [3.63, 3.8) is 0 Å². The molecule has 1 N–H and O–H groups in total. The van der Waals surface area contributed by atoms with Gasteiger partial charge in [-0.15, -0.1) is 0 Å². The summed E-state index contributed by atoms with van der Waals surface area (Å²) in [6.07, 6.45) is -2.64. The van der Waals surface area contributed by atoms with Crippen molar-refractivity contribution >= 4 is 34.8 Å². The van der Waals surface area contributed by atoms with Crippen LogP contribution >= 0.6 is 11.6 Å². The Morgan fingerprint density at radius 3 is 2.60 bits per heavy atom. The second-order valence-electron chi connectivity index (χ2n) is 6.85. The number of hydrogen-bond acceptors (Lipinski definition) is 5. The minimum Gasteiger partial charge on any atom is -0.356 e. The van der Waals surface area contributed by atoms with Gasteiger partial charge in [0, 0.05) is 30.8 Å². The molecular formula is C18H15ClF4N6O. The van der Waals surface area contributed by atoms with E-state index in [9.17, 15) is 22.4 Å². The lowest BCUT2D eigenvalue weighted by molar-refractivity contribution is -0.141. The Labute approximate surface area is 172 Å². The van der Waals surface area contributed by atoms with Crippen molar-refractivity contribution in [2.75, 3.05) is 23.3 Å². The smallest absolute Gasteiger partial charge is 0.356 e. The van der Waals surface area contributed by atoms with Gasteiger partial charge in [0.05, 0.1) is 5.02 Å². The molecule has 1 fully saturated rings. The van der Waals surface area contributed by atoms with E-state index in [2.05, 4.69) is 20.4 Å². The summed E-state index contributed by atoms with van der Waals surface area (Å²) in [4.78, 5) is 21.5. The van der Waals surface area contributed by atoms with E-state index in [4.69, 9.17) is 11.6 Å². The summed E-state index contributed by atoms with van der Waals surface area (Å²) >= 11 is 5.72. The number of amides is 1. The van der Waals surface area contributed by atoms with Crippen LogP contribution < -0.4 is 10.2 Å². The van der Waals surface area contributed by atoms with Gasteiger partial charge in [0.2, 0.25) is 5.91 Å². The molecule has 1 aromatic carbocycles. The number of carbonyl (C=O) groups excluding carboxylic acids is 1. The predicted molar refractivity (Wildman–Crippen MR) is 101 cm³/mol. The molecule has 0 saturated carbocycles. The Morgan fingerprint density at radius 1 is 1.20 bits per heavy atom. The monoisotopic (exact) mass is 442 g/mol. The Hall–Kier alpha value is -2.95. The van der Waals surface area contributed by atoms with E-state index in [1.54, 1.807) is 4.90 Å². The topological polar surface area (TPSA) is 75.4 Å². The van der Waals surface area contributed by atoms with Crippen LogP contribution in [-0.2, 0) is 11.0 Å². The quantitative estimate of drug-likeness (QED) is 0.625. The van der Waals surface area contributed by atoms with Crippen molar-refractivity contribution < 1.29 is 22.4 Å². The number of aromatic nitrogens is 4. The Morgan fingerprint density at radius 2 is 1.93 bits per heavy atom. The highest BCUT2D eigenvalue weighted by atomic mass is 35.5. The number of piperidine rings is 1. The molecule has 3 aromatic rings. The highest BCUT2D eigenvalue weighted by Gasteiger charge is 2.35. The molecule has 3 heterocycles. The van der Waals surface area contributed by atoms with Crippen LogP contribution in [0.15, 0.2) is 30.6 Å². The number of alkyl halides is 3. The van der Waals surface area contributed by atoms with Gasteiger partial charge in [-0.25, -0.2) is 9.37 Å². The van der Waals surface area contributed by atoms with Gasteiger partial charge in [-0.3, -0.25) is 4.79 Å². The fourth-order valence-corrected chi connectivity index (χ4v) is 3.54. The molecule has 7 nitrogen and oxygen atoms in total. The predicted octanol–water partition coefficient (Wildman–Crippen LogP) is 3.79. The average Bonchev–Trinajstić information content (AvgIpc) is 3.18. The van der Waals surface area contributed by atoms with Crippen LogP contribution in [0.4, 0.5) is 29.1 Å². The highest BCUT2D eigenvalue weighted by Crippen LogP contribution is 2.32. The second-order valence-corrected chi connectivity index (χ2v) is 7.26. The van der Waals surface area contributed by atoms with Crippen molar-refractivity contribution in [2.45, 2.75) is 19.0 Å². The summed E-state index contributed by atoms with van der Waals surface area (Å²) in [6, 6.07) is 4.82. The average molecular weight is 443 g/mol. The molecule has 30 heavy (non-hydrogen) atoms. The molecule has 1 saturated heterocycles. The van der Waals surface area contributed by atoms with Gasteiger partial charge in [0.15, 0.2) is 5.69 Å². The number of fused-ring (bicyclic) bond motifs is 1. The molecule has 1 aliphatic rings. The van der Waals surface area contributed by atoms with Gasteiger partial charge in [0.1, 0.15) is 18.0 Å². The lowest BCUT2D eigenvalue weighted by Gasteiger charge is -2.33. The van der Waals surface area contributed by atoms with Crippen LogP contribution in [0.5, 0.6) is 0 Å². The normalized spacial score (nSPS) is 15.6. The van der Waals surface area contributed by atoms with Crippen molar-refractivity contribution in [2.24, 2.45) is 5.92 Å². The number of benzene rings is 1. The molecular weight excluding hydrogens is 428 g/mol. The molecule has 1 amide bonds. The Bertz CT molecular complexity index is 1090. The number of hydrogen-bond donors (Lipinski definition) is 1. The zero-order chi connectivity index (χ0) is 21.5. The van der Waals surface area contributed by atoms with Crippen LogP contribution in [0.1, 0.15) is 18.5 Å². The molecule has 0 atom stereocenters. The molecule has 2 aromatic heterocycles. The van der Waals surface area contributed by atoms with Gasteiger partial charge in [-0.05, 0) is 31.0 Å². The standard InChI is InChI=1S/C18H15ClF4N6O/c19-12-7-11(1-2-13(12)20)26-16(30)10-3-5-28(6-4-10)15-8-14(18(21,22)23)27-17-24-9-25-29(15)17/h1-2,7-10H,3-6H2,(H,26,30). The summed E-state index contributed by atoms with van der Waals surface area (Å²) in [5.74, 6) is -1.12. The van der Waals surface area contributed by atoms with Gasteiger partial charge >= 0.3 is 6.18 Å². The van der Waals surface area contributed by atoms with Crippen LogP contribution in [0.25, 0.3) is 5.78 Å². The summed E-state index contributed by atoms with van der Waals surface area (Å²) in [7, 11) is 0. The lowest BCUT2D eigenvalue weighted by Crippen LogP contribution is -2.39. The fourth-order valence-electron chi connectivity index (χ4n) is 3.36. The maximum absolute atomic E-state index is 13.2. The number of nitrogens with one attached hydrogen (secondary N) is 1. The lowest BCUT2D eigenvalue weighted by atomic mass is 9.95. The van der Waals surface area contributed by atoms with Crippen LogP contribution in [0, 0.1) is 11.7 Å². The maximum atomic E-state index is 13.2. The van der Waals surface area contributed by atoms with E-state index in [1.807, 2.05) is 0 Å². The SMILES string of the molecule is O=C(Nc1ccc(F)c(Cl)c1)C1CCN(c2cc(C(F)(F)F)nc3ncnn23)CC1. The molecule has 0 unspecified atom stereocenters. The Kier molecular flexibility index (Phi) is 5.22. The maximum Gasteiger partial charge on any atom is 0.433 e. The van der Waals surface area contributed by atoms with Crippen molar-refractivity contribution in [1.29, 1.82) is 0 Å². The first-order valence-electron chi connectivity index (χ1n) is 9.01. The molecule has 12 heteroatoms. The number of nitrogens with zero attached hydrogens (tertiary/aromatic N) is 5. The molecule has 0 radical (unpaired) electrons. The van der Waals surface area contributed by atoms with Gasteiger partial charge in [-0.2, -0.15) is 27.8 Å². The molecule has 0 bridgehead atoms. The minimum atomic E-state index is -4.61. The fraction of sp³-hybridized carbons (Fsp3) is 0.333. The molecule has 0 aliphatic carbocycles. The van der Waals surface area contributed by atoms with E-state index < -0.39 is 17.7 Å². The third-order valence-electron chi connectivity index (χ3n) is 4.90.